The van der Waals surface area contributed by atoms with Crippen LogP contribution in [0.2, 0.25) is 0 Å². The number of hydrogen-bond donors (Lipinski definition) is 0. The van der Waals surface area contributed by atoms with Crippen molar-refractivity contribution < 1.29 is 38.1 Å². The lowest BCUT2D eigenvalue weighted by Crippen LogP contribution is -2.13. The Kier molecular flexibility index (Phi) is 7.92. The van der Waals surface area contributed by atoms with Crippen LogP contribution >= 0.6 is 0 Å². The standard InChI is InChI=1S/C29H26O8/c1-8-26(30)34-22-11-18-9-10-19-12-23(35-27(31)15(2)3)25(37-29(33)17(6)7)14-21(19)20(18)13-24(22)36-28(32)16(4)5/h9-14H,2,4,6,8H2,1,3,5,7H3. The Balaban J connectivity index is 2.28. The Morgan fingerprint density at radius 1 is 0.595 bits per heavy atom. The minimum Gasteiger partial charge on any atom is -0.422 e. The smallest absolute Gasteiger partial charge is 0.338 e. The summed E-state index contributed by atoms with van der Waals surface area (Å²) in [6, 6.07) is 9.70. The Hall–Kier alpha value is -4.72. The van der Waals surface area contributed by atoms with Gasteiger partial charge in [-0.05, 0) is 66.6 Å². The van der Waals surface area contributed by atoms with Crippen LogP contribution in [0.3, 0.4) is 0 Å². The third-order valence-electron chi connectivity index (χ3n) is 5.13. The molecule has 0 radical (unpaired) electrons. The molecule has 0 unspecified atom stereocenters. The second-order valence-electron chi connectivity index (χ2n) is 8.44. The molecule has 0 fully saturated rings. The molecule has 0 atom stereocenters. The molecule has 0 N–H and O–H groups in total. The van der Waals surface area contributed by atoms with Gasteiger partial charge >= 0.3 is 23.9 Å². The fourth-order valence-electron chi connectivity index (χ4n) is 3.15. The lowest BCUT2D eigenvalue weighted by molar-refractivity contribution is -0.135. The Morgan fingerprint density at radius 3 is 1.24 bits per heavy atom. The Labute approximate surface area is 213 Å². The third-order valence-corrected chi connectivity index (χ3v) is 5.13. The molecule has 37 heavy (non-hydrogen) atoms. The van der Waals surface area contributed by atoms with E-state index in [-0.39, 0.29) is 46.1 Å². The van der Waals surface area contributed by atoms with Crippen LogP contribution in [0.5, 0.6) is 23.0 Å². The number of carbonyl (C=O) groups is 4. The molecular formula is C29H26O8. The van der Waals surface area contributed by atoms with E-state index >= 15 is 0 Å². The normalized spacial score (nSPS) is 10.5. The van der Waals surface area contributed by atoms with Crippen molar-refractivity contribution in [3.63, 3.8) is 0 Å². The lowest BCUT2D eigenvalue weighted by Gasteiger charge is -2.15. The van der Waals surface area contributed by atoms with Crippen molar-refractivity contribution in [3.8, 4) is 23.0 Å². The lowest BCUT2D eigenvalue weighted by atomic mass is 10.0. The van der Waals surface area contributed by atoms with Crippen molar-refractivity contribution >= 4 is 45.4 Å². The van der Waals surface area contributed by atoms with Gasteiger partial charge in [0.05, 0.1) is 0 Å². The van der Waals surface area contributed by atoms with E-state index in [4.69, 9.17) is 18.9 Å². The Morgan fingerprint density at radius 2 is 0.919 bits per heavy atom. The van der Waals surface area contributed by atoms with Gasteiger partial charge in [-0.1, -0.05) is 38.8 Å². The number of hydrogen-bond acceptors (Lipinski definition) is 8. The topological polar surface area (TPSA) is 105 Å². The molecule has 0 aromatic heterocycles. The van der Waals surface area contributed by atoms with Crippen LogP contribution in [-0.2, 0) is 19.2 Å². The first-order chi connectivity index (χ1) is 17.4. The van der Waals surface area contributed by atoms with E-state index in [1.807, 2.05) is 0 Å². The average molecular weight is 503 g/mol. The third kappa shape index (κ3) is 6.10. The van der Waals surface area contributed by atoms with Crippen LogP contribution < -0.4 is 18.9 Å². The highest BCUT2D eigenvalue weighted by molar-refractivity contribution is 6.10. The fourth-order valence-corrected chi connectivity index (χ4v) is 3.15. The molecule has 0 bridgehead atoms. The summed E-state index contributed by atoms with van der Waals surface area (Å²) in [5, 5.41) is 2.44. The zero-order valence-electron chi connectivity index (χ0n) is 21.1. The molecule has 0 aliphatic carbocycles. The van der Waals surface area contributed by atoms with Crippen molar-refractivity contribution in [2.75, 3.05) is 0 Å². The van der Waals surface area contributed by atoms with Crippen LogP contribution in [0.4, 0.5) is 0 Å². The van der Waals surface area contributed by atoms with Gasteiger partial charge in [-0.3, -0.25) is 4.79 Å². The van der Waals surface area contributed by atoms with Crippen LogP contribution in [0, 0.1) is 0 Å². The summed E-state index contributed by atoms with van der Waals surface area (Å²) in [5.41, 5.74) is 0.462. The van der Waals surface area contributed by atoms with Gasteiger partial charge in [-0.15, -0.1) is 0 Å². The summed E-state index contributed by atoms with van der Waals surface area (Å²) < 4.78 is 21.7. The van der Waals surface area contributed by atoms with Gasteiger partial charge in [0.15, 0.2) is 23.0 Å². The van der Waals surface area contributed by atoms with E-state index in [1.54, 1.807) is 37.3 Å². The summed E-state index contributed by atoms with van der Waals surface area (Å²) >= 11 is 0. The quantitative estimate of drug-likeness (QED) is 0.166. The number of ether oxygens (including phenoxy) is 4. The van der Waals surface area contributed by atoms with E-state index in [1.165, 1.54) is 26.8 Å². The molecule has 0 aliphatic rings. The molecule has 3 rings (SSSR count). The number of benzene rings is 3. The van der Waals surface area contributed by atoms with Gasteiger partial charge in [-0.25, -0.2) is 14.4 Å². The minimum atomic E-state index is -0.711. The molecule has 8 nitrogen and oxygen atoms in total. The number of fused-ring (bicyclic) bond motifs is 3. The molecule has 0 aliphatic heterocycles. The summed E-state index contributed by atoms with van der Waals surface area (Å²) in [5.74, 6) is -2.55. The van der Waals surface area contributed by atoms with Gasteiger partial charge < -0.3 is 18.9 Å². The highest BCUT2D eigenvalue weighted by Crippen LogP contribution is 2.40. The predicted octanol–water partition coefficient (Wildman–Crippen LogP) is 5.75. The minimum absolute atomic E-state index is 0.00747. The number of carbonyl (C=O) groups excluding carboxylic acids is 4. The summed E-state index contributed by atoms with van der Waals surface area (Å²) in [4.78, 5) is 48.8. The SMILES string of the molecule is C=C(C)C(=O)Oc1cc2c(ccc3cc(OC(=O)C(=C)C)c(OC(=O)C(=C)C)cc32)cc1OC(=O)CC. The predicted molar refractivity (Wildman–Crippen MR) is 139 cm³/mol. The summed E-state index contributed by atoms with van der Waals surface area (Å²) in [6.45, 7) is 16.9. The van der Waals surface area contributed by atoms with Gasteiger partial charge in [0.1, 0.15) is 0 Å². The molecule has 3 aromatic rings. The van der Waals surface area contributed by atoms with Crippen LogP contribution in [0.15, 0.2) is 72.9 Å². The van der Waals surface area contributed by atoms with E-state index in [2.05, 4.69) is 19.7 Å². The van der Waals surface area contributed by atoms with Crippen molar-refractivity contribution in [3.05, 3.63) is 72.9 Å². The maximum atomic E-state index is 12.3. The first kappa shape index (κ1) is 26.9. The van der Waals surface area contributed by atoms with Gasteiger partial charge in [0.25, 0.3) is 0 Å². The summed E-state index contributed by atoms with van der Waals surface area (Å²) in [7, 11) is 0. The highest BCUT2D eigenvalue weighted by atomic mass is 16.6. The van der Waals surface area contributed by atoms with Crippen LogP contribution in [0.25, 0.3) is 21.5 Å². The second-order valence-corrected chi connectivity index (χ2v) is 8.44. The second kappa shape index (κ2) is 10.9. The van der Waals surface area contributed by atoms with Crippen molar-refractivity contribution in [1.29, 1.82) is 0 Å². The van der Waals surface area contributed by atoms with Crippen molar-refractivity contribution in [2.24, 2.45) is 0 Å². The zero-order chi connectivity index (χ0) is 27.4. The number of esters is 4. The molecule has 0 spiro atoms. The van der Waals surface area contributed by atoms with Crippen molar-refractivity contribution in [1.82, 2.24) is 0 Å². The first-order valence-corrected chi connectivity index (χ1v) is 11.3. The highest BCUT2D eigenvalue weighted by Gasteiger charge is 2.20. The molecular weight excluding hydrogens is 476 g/mol. The molecule has 0 saturated carbocycles. The van der Waals surface area contributed by atoms with E-state index in [0.717, 1.165) is 0 Å². The van der Waals surface area contributed by atoms with Crippen LogP contribution in [-0.4, -0.2) is 23.9 Å². The van der Waals surface area contributed by atoms with E-state index in [0.29, 0.717) is 21.5 Å². The molecule has 0 saturated heterocycles. The fraction of sp³-hybridized carbons (Fsp3) is 0.172. The molecule has 3 aromatic carbocycles. The monoisotopic (exact) mass is 502 g/mol. The maximum Gasteiger partial charge on any atom is 0.338 e. The number of rotatable bonds is 8. The first-order valence-electron chi connectivity index (χ1n) is 11.3. The molecule has 0 amide bonds. The largest absolute Gasteiger partial charge is 0.422 e. The maximum absolute atomic E-state index is 12.3. The van der Waals surface area contributed by atoms with Gasteiger partial charge in [-0.2, -0.15) is 0 Å². The molecule has 0 heterocycles. The molecule has 8 heteroatoms. The zero-order valence-corrected chi connectivity index (χ0v) is 21.1. The van der Waals surface area contributed by atoms with Gasteiger partial charge in [0, 0.05) is 23.1 Å². The molecule has 190 valence electrons. The van der Waals surface area contributed by atoms with E-state index < -0.39 is 23.9 Å². The van der Waals surface area contributed by atoms with Crippen LogP contribution in [0.1, 0.15) is 34.1 Å². The van der Waals surface area contributed by atoms with Gasteiger partial charge in [0.2, 0.25) is 0 Å². The summed E-state index contributed by atoms with van der Waals surface area (Å²) in [6.07, 6.45) is 0.118. The van der Waals surface area contributed by atoms with Crippen molar-refractivity contribution in [2.45, 2.75) is 34.1 Å². The van der Waals surface area contributed by atoms with E-state index in [9.17, 15) is 19.2 Å². The Bertz CT molecular complexity index is 1510. The average Bonchev–Trinajstić information content (AvgIpc) is 2.84.